The molecule has 0 radical (unpaired) electrons. The van der Waals surface area contributed by atoms with E-state index in [0.29, 0.717) is 12.0 Å². The molecule has 0 aliphatic carbocycles. The molecular weight excluding hydrogens is 352 g/mol. The Morgan fingerprint density at radius 3 is 2.57 bits per heavy atom. The molecule has 0 saturated carbocycles. The quantitative estimate of drug-likeness (QED) is 0.817. The zero-order valence-corrected chi connectivity index (χ0v) is 17.4. The second kappa shape index (κ2) is 8.54. The molecule has 1 aromatic carbocycles. The molecule has 0 bridgehead atoms. The van der Waals surface area contributed by atoms with Crippen molar-refractivity contribution in [3.63, 3.8) is 0 Å². The van der Waals surface area contributed by atoms with Gasteiger partial charge in [0.05, 0.1) is 25.9 Å². The molecule has 4 rings (SSSR count). The zero-order valence-electron chi connectivity index (χ0n) is 17.4. The van der Waals surface area contributed by atoms with Crippen molar-refractivity contribution in [2.45, 2.75) is 39.3 Å². The molecule has 154 valence electrons. The predicted octanol–water partition coefficient (Wildman–Crippen LogP) is 3.85. The molecule has 0 spiro atoms. The lowest BCUT2D eigenvalue weighted by Gasteiger charge is -2.39. The van der Waals surface area contributed by atoms with Gasteiger partial charge in [0, 0.05) is 43.6 Å². The average molecular weight is 387 g/mol. The molecule has 0 unspecified atom stereocenters. The van der Waals surface area contributed by atoms with Crippen LogP contribution >= 0.6 is 0 Å². The Balaban J connectivity index is 1.53. The number of fused-ring (bicyclic) bond motifs is 1. The third kappa shape index (κ3) is 4.43. The topological polar surface area (TPSA) is 46.9 Å². The largest absolute Gasteiger partial charge is 0.459 e. The van der Waals surface area contributed by atoms with Gasteiger partial charge in [0.15, 0.2) is 0 Å². The molecule has 0 amide bonds. The predicted molar refractivity (Wildman–Crippen MR) is 112 cm³/mol. The first-order valence-electron chi connectivity index (χ1n) is 10.6. The van der Waals surface area contributed by atoms with Gasteiger partial charge in [-0.15, -0.1) is 0 Å². The summed E-state index contributed by atoms with van der Waals surface area (Å²) in [6, 6.07) is 11.1. The summed E-state index contributed by atoms with van der Waals surface area (Å²) >= 11 is 0. The second-order valence-electron chi connectivity index (χ2n) is 9.23. The highest BCUT2D eigenvalue weighted by Crippen LogP contribution is 2.36. The van der Waals surface area contributed by atoms with Crippen molar-refractivity contribution in [2.75, 3.05) is 46.1 Å². The van der Waals surface area contributed by atoms with Gasteiger partial charge in [-0.1, -0.05) is 39.0 Å². The Morgan fingerprint density at radius 2 is 1.89 bits per heavy atom. The summed E-state index contributed by atoms with van der Waals surface area (Å²) in [5, 5.41) is 5.05. The minimum Gasteiger partial charge on any atom is -0.459 e. The highest BCUT2D eigenvalue weighted by atomic mass is 16.5. The number of benzene rings is 1. The van der Waals surface area contributed by atoms with Gasteiger partial charge in [0.25, 0.3) is 0 Å². The van der Waals surface area contributed by atoms with E-state index in [1.807, 2.05) is 12.1 Å². The zero-order chi connectivity index (χ0) is 19.6. The van der Waals surface area contributed by atoms with E-state index in [9.17, 15) is 0 Å². The Morgan fingerprint density at radius 1 is 1.11 bits per heavy atom. The van der Waals surface area contributed by atoms with Crippen molar-refractivity contribution in [3.8, 4) is 0 Å². The van der Waals surface area contributed by atoms with Crippen molar-refractivity contribution < 1.29 is 13.9 Å². The lowest BCUT2D eigenvalue weighted by atomic mass is 9.84. The highest BCUT2D eigenvalue weighted by molar-refractivity contribution is 5.77. The third-order valence-electron chi connectivity index (χ3n) is 6.15. The molecule has 3 heterocycles. The van der Waals surface area contributed by atoms with Crippen LogP contribution in [-0.4, -0.2) is 57.0 Å². The maximum atomic E-state index is 6.24. The monoisotopic (exact) mass is 386 g/mol. The van der Waals surface area contributed by atoms with E-state index in [2.05, 4.69) is 49.2 Å². The molecule has 2 fully saturated rings. The number of para-hydroxylation sites is 1. The van der Waals surface area contributed by atoms with Gasteiger partial charge in [-0.2, -0.15) is 0 Å². The van der Waals surface area contributed by atoms with Crippen LogP contribution in [0.1, 0.15) is 39.0 Å². The molecule has 28 heavy (non-hydrogen) atoms. The number of nitrogens with zero attached hydrogens (tertiary/aromatic N) is 1. The van der Waals surface area contributed by atoms with E-state index in [1.54, 1.807) is 0 Å². The van der Waals surface area contributed by atoms with E-state index in [1.165, 1.54) is 5.39 Å². The maximum Gasteiger partial charge on any atom is 0.134 e. The number of hydrogen-bond donors (Lipinski definition) is 1. The SMILES string of the molecule is CC(C)(C)[C@H](NC[C@H]([C@@H]1CCOC1)N1CCOCC1)c1cc2ccccc2o1. The van der Waals surface area contributed by atoms with Crippen LogP contribution in [0.15, 0.2) is 34.7 Å². The summed E-state index contributed by atoms with van der Waals surface area (Å²) in [5.41, 5.74) is 1.01. The molecular formula is C23H34N2O3. The van der Waals surface area contributed by atoms with Crippen LogP contribution < -0.4 is 5.32 Å². The Labute approximate surface area is 168 Å². The first kappa shape index (κ1) is 19.9. The van der Waals surface area contributed by atoms with Crippen LogP contribution in [0.3, 0.4) is 0 Å². The lowest BCUT2D eigenvalue weighted by molar-refractivity contribution is -0.000485. The van der Waals surface area contributed by atoms with Gasteiger partial charge in [0.2, 0.25) is 0 Å². The van der Waals surface area contributed by atoms with Crippen molar-refractivity contribution >= 4 is 11.0 Å². The standard InChI is InChI=1S/C23H34N2O3/c1-23(2,3)22(21-14-17-6-4-5-7-20(17)28-21)24-15-19(18-8-11-27-16-18)25-9-12-26-13-10-25/h4-7,14,18-19,22,24H,8-13,15-16H2,1-3H3/t18-,19-,22-/m1/s1. The van der Waals surface area contributed by atoms with Crippen molar-refractivity contribution in [2.24, 2.45) is 11.3 Å². The van der Waals surface area contributed by atoms with Crippen LogP contribution in [-0.2, 0) is 9.47 Å². The molecule has 5 heteroatoms. The fraction of sp³-hybridized carbons (Fsp3) is 0.652. The first-order valence-corrected chi connectivity index (χ1v) is 10.6. The normalized spacial score (nSPS) is 23.9. The first-order chi connectivity index (χ1) is 13.5. The molecule has 1 aromatic heterocycles. The summed E-state index contributed by atoms with van der Waals surface area (Å²) < 4.78 is 17.5. The van der Waals surface area contributed by atoms with E-state index in [-0.39, 0.29) is 11.5 Å². The van der Waals surface area contributed by atoms with E-state index >= 15 is 0 Å². The number of rotatable bonds is 6. The lowest BCUT2D eigenvalue weighted by Crippen LogP contribution is -2.52. The molecule has 5 nitrogen and oxygen atoms in total. The van der Waals surface area contributed by atoms with Crippen molar-refractivity contribution in [1.29, 1.82) is 0 Å². The van der Waals surface area contributed by atoms with E-state index in [0.717, 1.165) is 63.8 Å². The van der Waals surface area contributed by atoms with Crippen LogP contribution in [0.5, 0.6) is 0 Å². The van der Waals surface area contributed by atoms with Gasteiger partial charge < -0.3 is 19.2 Å². The number of furan rings is 1. The summed E-state index contributed by atoms with van der Waals surface area (Å²) in [5.74, 6) is 1.61. The Kier molecular flexibility index (Phi) is 6.07. The number of nitrogens with one attached hydrogen (secondary N) is 1. The minimum absolute atomic E-state index is 0.0512. The highest BCUT2D eigenvalue weighted by Gasteiger charge is 2.34. The molecule has 2 saturated heterocycles. The van der Waals surface area contributed by atoms with Crippen LogP contribution in [0.2, 0.25) is 0 Å². The fourth-order valence-electron chi connectivity index (χ4n) is 4.58. The molecule has 1 N–H and O–H groups in total. The van der Waals surface area contributed by atoms with Gasteiger partial charge in [-0.25, -0.2) is 0 Å². The smallest absolute Gasteiger partial charge is 0.134 e. The van der Waals surface area contributed by atoms with Gasteiger partial charge >= 0.3 is 0 Å². The molecule has 2 aliphatic rings. The third-order valence-corrected chi connectivity index (χ3v) is 6.15. The van der Waals surface area contributed by atoms with E-state index in [4.69, 9.17) is 13.9 Å². The van der Waals surface area contributed by atoms with Gasteiger partial charge in [-0.3, -0.25) is 4.90 Å². The summed E-state index contributed by atoms with van der Waals surface area (Å²) in [6.07, 6.45) is 1.15. The van der Waals surface area contributed by atoms with Crippen molar-refractivity contribution in [3.05, 3.63) is 36.1 Å². The molecule has 3 atom stereocenters. The fourth-order valence-corrected chi connectivity index (χ4v) is 4.58. The Bertz CT molecular complexity index is 722. The number of morpholine rings is 1. The number of ether oxygens (including phenoxy) is 2. The summed E-state index contributed by atoms with van der Waals surface area (Å²) in [4.78, 5) is 2.59. The van der Waals surface area contributed by atoms with Gasteiger partial charge in [0.1, 0.15) is 11.3 Å². The molecule has 2 aromatic rings. The van der Waals surface area contributed by atoms with Crippen LogP contribution in [0.25, 0.3) is 11.0 Å². The number of hydrogen-bond acceptors (Lipinski definition) is 5. The minimum atomic E-state index is 0.0512. The van der Waals surface area contributed by atoms with Gasteiger partial charge in [-0.05, 0) is 24.0 Å². The van der Waals surface area contributed by atoms with Crippen molar-refractivity contribution in [1.82, 2.24) is 10.2 Å². The molecule has 2 aliphatic heterocycles. The second-order valence-corrected chi connectivity index (χ2v) is 9.23. The average Bonchev–Trinajstić information content (AvgIpc) is 3.34. The Hall–Kier alpha value is -1.40. The van der Waals surface area contributed by atoms with Crippen LogP contribution in [0, 0.1) is 11.3 Å². The van der Waals surface area contributed by atoms with E-state index < -0.39 is 0 Å². The van der Waals surface area contributed by atoms with Crippen LogP contribution in [0.4, 0.5) is 0 Å². The summed E-state index contributed by atoms with van der Waals surface area (Å²) in [7, 11) is 0. The maximum absolute atomic E-state index is 6.24. The summed E-state index contributed by atoms with van der Waals surface area (Å²) in [6.45, 7) is 13.2.